The number of rotatable bonds is 3. The number of hydrogen-bond donors (Lipinski definition) is 0. The van der Waals surface area contributed by atoms with Gasteiger partial charge in [-0.25, -0.2) is 8.78 Å². The molecule has 1 aromatic heterocycles. The number of aromatic nitrogens is 1. The standard InChI is InChI=1S/C7H2ClF2IN2O3/c8-5(14)3-1-2(6(9)10)4(11)7(12-3)13(15)16/h1,6H. The molecule has 86 valence electrons. The van der Waals surface area contributed by atoms with E-state index in [2.05, 4.69) is 4.98 Å². The molecule has 0 aliphatic carbocycles. The molecular weight excluding hydrogens is 360 g/mol. The Kier molecular flexibility index (Phi) is 4.08. The lowest BCUT2D eigenvalue weighted by atomic mass is 10.2. The van der Waals surface area contributed by atoms with Crippen molar-refractivity contribution >= 4 is 45.3 Å². The molecule has 0 spiro atoms. The fourth-order valence-corrected chi connectivity index (χ4v) is 1.72. The predicted molar refractivity (Wildman–Crippen MR) is 58.7 cm³/mol. The molecule has 0 unspecified atom stereocenters. The summed E-state index contributed by atoms with van der Waals surface area (Å²) in [5.41, 5.74) is -1.20. The van der Waals surface area contributed by atoms with Crippen molar-refractivity contribution in [2.75, 3.05) is 0 Å². The van der Waals surface area contributed by atoms with Crippen molar-refractivity contribution in [1.29, 1.82) is 0 Å². The van der Waals surface area contributed by atoms with E-state index in [1.54, 1.807) is 0 Å². The minimum absolute atomic E-state index is 0.306. The van der Waals surface area contributed by atoms with Crippen LogP contribution in [0, 0.1) is 13.7 Å². The maximum atomic E-state index is 12.5. The van der Waals surface area contributed by atoms with Crippen molar-refractivity contribution in [2.45, 2.75) is 6.43 Å². The molecule has 1 aromatic rings. The Morgan fingerprint density at radius 3 is 2.56 bits per heavy atom. The van der Waals surface area contributed by atoms with Gasteiger partial charge in [-0.05, 0) is 44.1 Å². The first-order valence-corrected chi connectivity index (χ1v) is 5.13. The van der Waals surface area contributed by atoms with E-state index in [0.717, 1.165) is 6.07 Å². The minimum atomic E-state index is -2.94. The summed E-state index contributed by atoms with van der Waals surface area (Å²) in [4.78, 5) is 23.6. The van der Waals surface area contributed by atoms with Crippen LogP contribution in [-0.4, -0.2) is 15.1 Å². The van der Waals surface area contributed by atoms with Gasteiger partial charge >= 0.3 is 5.82 Å². The SMILES string of the molecule is O=C(Cl)c1cc(C(F)F)c(I)c([N+](=O)[O-])n1. The lowest BCUT2D eigenvalue weighted by Crippen LogP contribution is -2.05. The number of nitrogens with zero attached hydrogens (tertiary/aromatic N) is 2. The van der Waals surface area contributed by atoms with E-state index in [9.17, 15) is 23.7 Å². The largest absolute Gasteiger partial charge is 0.378 e. The Morgan fingerprint density at radius 1 is 1.62 bits per heavy atom. The summed E-state index contributed by atoms with van der Waals surface area (Å²) in [6.45, 7) is 0. The van der Waals surface area contributed by atoms with Crippen LogP contribution in [0.1, 0.15) is 22.5 Å². The minimum Gasteiger partial charge on any atom is -0.358 e. The maximum absolute atomic E-state index is 12.5. The summed E-state index contributed by atoms with van der Waals surface area (Å²) in [7, 11) is 0. The first-order valence-electron chi connectivity index (χ1n) is 3.67. The van der Waals surface area contributed by atoms with Crippen LogP contribution in [0.3, 0.4) is 0 Å². The van der Waals surface area contributed by atoms with Crippen LogP contribution in [0.15, 0.2) is 6.07 Å². The third-order valence-electron chi connectivity index (χ3n) is 1.58. The summed E-state index contributed by atoms with van der Waals surface area (Å²) in [5.74, 6) is -0.803. The molecule has 0 atom stereocenters. The molecule has 0 N–H and O–H groups in total. The second-order valence-corrected chi connectivity index (χ2v) is 3.99. The molecule has 0 saturated heterocycles. The van der Waals surface area contributed by atoms with Gasteiger partial charge in [0.05, 0.1) is 0 Å². The van der Waals surface area contributed by atoms with Gasteiger partial charge in [-0.1, -0.05) is 0 Å². The molecule has 5 nitrogen and oxygen atoms in total. The van der Waals surface area contributed by atoms with Gasteiger partial charge in [-0.15, -0.1) is 0 Å². The van der Waals surface area contributed by atoms with Crippen LogP contribution >= 0.6 is 34.2 Å². The monoisotopic (exact) mass is 362 g/mol. The van der Waals surface area contributed by atoms with Gasteiger partial charge in [0.25, 0.3) is 11.7 Å². The zero-order valence-corrected chi connectivity index (χ0v) is 10.2. The van der Waals surface area contributed by atoms with Crippen LogP contribution in [0.2, 0.25) is 0 Å². The highest BCUT2D eigenvalue weighted by Gasteiger charge is 2.27. The molecule has 0 saturated carbocycles. The third kappa shape index (κ3) is 2.61. The average molecular weight is 362 g/mol. The number of carbonyl (C=O) groups is 1. The molecule has 0 radical (unpaired) electrons. The summed E-state index contributed by atoms with van der Waals surface area (Å²) >= 11 is 6.41. The molecule has 1 heterocycles. The normalized spacial score (nSPS) is 10.6. The van der Waals surface area contributed by atoms with Gasteiger partial charge in [0.2, 0.25) is 5.69 Å². The van der Waals surface area contributed by atoms with Crippen LogP contribution in [0.5, 0.6) is 0 Å². The Morgan fingerprint density at radius 2 is 2.19 bits per heavy atom. The lowest BCUT2D eigenvalue weighted by Gasteiger charge is -2.03. The van der Waals surface area contributed by atoms with Gasteiger partial charge in [0, 0.05) is 11.6 Å². The van der Waals surface area contributed by atoms with E-state index in [1.807, 2.05) is 0 Å². The van der Waals surface area contributed by atoms with E-state index in [1.165, 1.54) is 22.6 Å². The number of pyridine rings is 1. The number of halogens is 4. The van der Waals surface area contributed by atoms with Crippen molar-refractivity contribution in [3.8, 4) is 0 Å². The van der Waals surface area contributed by atoms with Crippen LogP contribution in [0.25, 0.3) is 0 Å². The first kappa shape index (κ1) is 13.2. The van der Waals surface area contributed by atoms with Crippen molar-refractivity contribution < 1.29 is 18.5 Å². The van der Waals surface area contributed by atoms with Gasteiger partial charge in [0.1, 0.15) is 3.57 Å². The highest BCUT2D eigenvalue weighted by molar-refractivity contribution is 14.1. The van der Waals surface area contributed by atoms with Crippen molar-refractivity contribution in [3.05, 3.63) is 31.0 Å². The molecule has 0 bridgehead atoms. The van der Waals surface area contributed by atoms with E-state index in [4.69, 9.17) is 11.6 Å². The molecule has 9 heteroatoms. The number of carbonyl (C=O) groups excluding carboxylic acids is 1. The van der Waals surface area contributed by atoms with Crippen molar-refractivity contribution in [2.24, 2.45) is 0 Å². The molecule has 0 amide bonds. The third-order valence-corrected chi connectivity index (χ3v) is 2.88. The molecule has 1 rings (SSSR count). The summed E-state index contributed by atoms with van der Waals surface area (Å²) in [5, 5.41) is 9.39. The highest BCUT2D eigenvalue weighted by Crippen LogP contribution is 2.30. The average Bonchev–Trinajstić information content (AvgIpc) is 2.16. The smallest absolute Gasteiger partial charge is 0.358 e. The van der Waals surface area contributed by atoms with E-state index < -0.39 is 33.7 Å². The Labute approximate surface area is 106 Å². The Bertz CT molecular complexity index is 469. The molecule has 0 aliphatic heterocycles. The van der Waals surface area contributed by atoms with E-state index >= 15 is 0 Å². The van der Waals surface area contributed by atoms with Gasteiger partial charge < -0.3 is 10.1 Å². The second kappa shape index (κ2) is 4.95. The lowest BCUT2D eigenvalue weighted by molar-refractivity contribution is -0.390. The number of alkyl halides is 2. The zero-order valence-electron chi connectivity index (χ0n) is 7.29. The predicted octanol–water partition coefficient (Wildman–Crippen LogP) is 2.91. The maximum Gasteiger partial charge on any atom is 0.378 e. The first-order chi connectivity index (χ1) is 7.34. The van der Waals surface area contributed by atoms with E-state index in [0.29, 0.717) is 0 Å². The summed E-state index contributed by atoms with van der Waals surface area (Å²) < 4.78 is 24.7. The van der Waals surface area contributed by atoms with Gasteiger partial charge in [-0.3, -0.25) is 4.79 Å². The molecule has 16 heavy (non-hydrogen) atoms. The molecule has 0 aliphatic rings. The van der Waals surface area contributed by atoms with Gasteiger partial charge in [0.15, 0.2) is 0 Å². The molecule has 0 aromatic carbocycles. The van der Waals surface area contributed by atoms with Crippen molar-refractivity contribution in [1.82, 2.24) is 4.98 Å². The Balaban J connectivity index is 3.51. The number of nitro groups is 1. The summed E-state index contributed by atoms with van der Waals surface area (Å²) in [6, 6.07) is 0.745. The fourth-order valence-electron chi connectivity index (χ4n) is 0.916. The fraction of sp³-hybridized carbons (Fsp3) is 0.143. The van der Waals surface area contributed by atoms with Crippen LogP contribution in [0.4, 0.5) is 14.6 Å². The topological polar surface area (TPSA) is 73.1 Å². The quantitative estimate of drug-likeness (QED) is 0.359. The molecule has 0 fully saturated rings. The van der Waals surface area contributed by atoms with E-state index in [-0.39, 0.29) is 3.57 Å². The second-order valence-electron chi connectivity index (χ2n) is 2.57. The summed E-state index contributed by atoms with van der Waals surface area (Å²) in [6.07, 6.45) is -2.94. The number of hydrogen-bond acceptors (Lipinski definition) is 4. The van der Waals surface area contributed by atoms with Crippen molar-refractivity contribution in [3.63, 3.8) is 0 Å². The molecular formula is C7H2ClF2IN2O3. The highest BCUT2D eigenvalue weighted by atomic mass is 127. The van der Waals surface area contributed by atoms with Gasteiger partial charge in [-0.2, -0.15) is 0 Å². The Hall–Kier alpha value is -0.900. The van der Waals surface area contributed by atoms with Crippen LogP contribution in [-0.2, 0) is 0 Å². The van der Waals surface area contributed by atoms with Crippen LogP contribution < -0.4 is 0 Å². The zero-order chi connectivity index (χ0) is 12.5.